The summed E-state index contributed by atoms with van der Waals surface area (Å²) in [7, 11) is 0. The van der Waals surface area contributed by atoms with Gasteiger partial charge in [-0.05, 0) is 41.7 Å². The Balaban J connectivity index is 1.17. The van der Waals surface area contributed by atoms with E-state index in [-0.39, 0.29) is 12.0 Å². The van der Waals surface area contributed by atoms with Crippen LogP contribution in [0.1, 0.15) is 30.4 Å². The highest BCUT2D eigenvalue weighted by Crippen LogP contribution is 2.50. The van der Waals surface area contributed by atoms with Gasteiger partial charge in [0, 0.05) is 48.3 Å². The summed E-state index contributed by atoms with van der Waals surface area (Å²) in [5.74, 6) is 3.73. The molecule has 4 nitrogen and oxygen atoms in total. The van der Waals surface area contributed by atoms with Crippen LogP contribution in [0.3, 0.4) is 0 Å². The topological polar surface area (TPSA) is 47.9 Å². The smallest absolute Gasteiger partial charge is 0.164 e. The summed E-state index contributed by atoms with van der Waals surface area (Å²) in [5.41, 5.74) is 6.80. The van der Waals surface area contributed by atoms with Crippen molar-refractivity contribution in [3.63, 3.8) is 0 Å². The molecule has 0 radical (unpaired) electrons. The lowest BCUT2D eigenvalue weighted by Crippen LogP contribution is -2.26. The molecule has 0 bridgehead atoms. The lowest BCUT2D eigenvalue weighted by atomic mass is 9.75. The zero-order valence-corrected chi connectivity index (χ0v) is 25.5. The second-order valence-corrected chi connectivity index (χ2v) is 13.1. The highest BCUT2D eigenvalue weighted by atomic mass is 32.1. The molecule has 3 heterocycles. The SMILES string of the molecule is CC1C=C(c2ccc(-c3nc(-c4ccccc4)nc(-c4cccc5sc6ccccc6c45)n3)cc2)C2c3ccccc3OC2C1. The van der Waals surface area contributed by atoms with Crippen LogP contribution in [0.5, 0.6) is 5.75 Å². The fraction of sp³-hybridized carbons (Fsp3) is 0.125. The van der Waals surface area contributed by atoms with Crippen molar-refractivity contribution in [3.05, 3.63) is 139 Å². The number of hydrogen-bond acceptors (Lipinski definition) is 5. The summed E-state index contributed by atoms with van der Waals surface area (Å²) in [5, 5.41) is 2.42. The number of benzene rings is 5. The Labute approximate surface area is 265 Å². The van der Waals surface area contributed by atoms with E-state index in [2.05, 4.69) is 116 Å². The number of nitrogens with zero attached hydrogens (tertiary/aromatic N) is 3. The first-order valence-electron chi connectivity index (χ1n) is 15.5. The van der Waals surface area contributed by atoms with Crippen LogP contribution < -0.4 is 4.74 Å². The Kier molecular flexibility index (Phi) is 6.13. The van der Waals surface area contributed by atoms with Gasteiger partial charge in [0.2, 0.25) is 0 Å². The van der Waals surface area contributed by atoms with Gasteiger partial charge >= 0.3 is 0 Å². The largest absolute Gasteiger partial charge is 0.489 e. The van der Waals surface area contributed by atoms with Crippen LogP contribution >= 0.6 is 11.3 Å². The molecule has 45 heavy (non-hydrogen) atoms. The molecule has 2 aromatic heterocycles. The van der Waals surface area contributed by atoms with Crippen LogP contribution in [0.4, 0.5) is 0 Å². The first-order chi connectivity index (χ1) is 22.2. The first kappa shape index (κ1) is 26.3. The van der Waals surface area contributed by atoms with Gasteiger partial charge in [0.25, 0.3) is 0 Å². The number of para-hydroxylation sites is 1. The van der Waals surface area contributed by atoms with Crippen molar-refractivity contribution in [1.29, 1.82) is 0 Å². The molecule has 216 valence electrons. The summed E-state index contributed by atoms with van der Waals surface area (Å²) >= 11 is 1.80. The predicted octanol–water partition coefficient (Wildman–Crippen LogP) is 10.2. The summed E-state index contributed by atoms with van der Waals surface area (Å²) in [6.07, 6.45) is 3.64. The fourth-order valence-electron chi connectivity index (χ4n) is 7.06. The van der Waals surface area contributed by atoms with E-state index in [1.54, 1.807) is 11.3 Å². The molecule has 0 fully saturated rings. The molecule has 2 aliphatic rings. The van der Waals surface area contributed by atoms with Crippen molar-refractivity contribution in [2.75, 3.05) is 0 Å². The number of thiophene rings is 1. The maximum absolute atomic E-state index is 6.42. The normalized spacial score (nSPS) is 18.8. The maximum atomic E-state index is 6.42. The Hall–Kier alpha value is -5.13. The molecule has 0 saturated heterocycles. The van der Waals surface area contributed by atoms with E-state index >= 15 is 0 Å². The monoisotopic (exact) mass is 599 g/mol. The minimum absolute atomic E-state index is 0.174. The lowest BCUT2D eigenvalue weighted by Gasteiger charge is -2.30. The lowest BCUT2D eigenvalue weighted by molar-refractivity contribution is 0.191. The van der Waals surface area contributed by atoms with Crippen LogP contribution in [-0.2, 0) is 0 Å². The Morgan fingerprint density at radius 1 is 0.622 bits per heavy atom. The summed E-state index contributed by atoms with van der Waals surface area (Å²) in [4.78, 5) is 15.2. The van der Waals surface area contributed by atoms with E-state index in [0.717, 1.165) is 28.9 Å². The number of fused-ring (bicyclic) bond motifs is 6. The molecular weight excluding hydrogens is 571 g/mol. The van der Waals surface area contributed by atoms with Crippen molar-refractivity contribution in [3.8, 4) is 39.9 Å². The molecule has 5 aromatic carbocycles. The molecule has 1 aliphatic carbocycles. The number of ether oxygens (including phenoxy) is 1. The molecule has 0 spiro atoms. The molecular formula is C40H29N3OS. The number of hydrogen-bond donors (Lipinski definition) is 0. The van der Waals surface area contributed by atoms with Gasteiger partial charge in [-0.15, -0.1) is 11.3 Å². The molecule has 1 aliphatic heterocycles. The van der Waals surface area contributed by atoms with E-state index in [1.807, 2.05) is 18.2 Å². The van der Waals surface area contributed by atoms with Crippen molar-refractivity contribution >= 4 is 37.1 Å². The van der Waals surface area contributed by atoms with Crippen LogP contribution in [0, 0.1) is 5.92 Å². The van der Waals surface area contributed by atoms with Crippen molar-refractivity contribution < 1.29 is 4.74 Å². The number of aromatic nitrogens is 3. The van der Waals surface area contributed by atoms with Gasteiger partial charge in [-0.2, -0.15) is 0 Å². The maximum Gasteiger partial charge on any atom is 0.164 e. The quantitative estimate of drug-likeness (QED) is 0.202. The van der Waals surface area contributed by atoms with Crippen LogP contribution in [-0.4, -0.2) is 21.1 Å². The van der Waals surface area contributed by atoms with Gasteiger partial charge in [-0.25, -0.2) is 15.0 Å². The third kappa shape index (κ3) is 4.46. The minimum atomic E-state index is 0.174. The first-order valence-corrected chi connectivity index (χ1v) is 16.3. The zero-order valence-electron chi connectivity index (χ0n) is 24.7. The second-order valence-electron chi connectivity index (χ2n) is 12.0. The van der Waals surface area contributed by atoms with Gasteiger partial charge in [0.15, 0.2) is 17.5 Å². The molecule has 0 saturated carbocycles. The fourth-order valence-corrected chi connectivity index (χ4v) is 8.20. The molecule has 9 rings (SSSR count). The standard InChI is InChI=1S/C40H29N3OS/c1-24-22-31(36-28-12-5-7-15-32(28)44-33(36)23-24)25-18-20-27(21-19-25)39-41-38(26-10-3-2-4-11-26)42-40(43-39)30-14-9-17-35-37(30)29-13-6-8-16-34(29)45-35/h2-22,24,33,36H,23H2,1H3. The number of allylic oxidation sites excluding steroid dienone is 1. The molecule has 0 N–H and O–H groups in total. The number of rotatable bonds is 4. The van der Waals surface area contributed by atoms with E-state index in [9.17, 15) is 0 Å². The van der Waals surface area contributed by atoms with Gasteiger partial charge in [-0.1, -0.05) is 116 Å². The van der Waals surface area contributed by atoms with Crippen LogP contribution in [0.2, 0.25) is 0 Å². The van der Waals surface area contributed by atoms with E-state index in [0.29, 0.717) is 23.4 Å². The molecule has 0 amide bonds. The Morgan fingerprint density at radius 2 is 1.29 bits per heavy atom. The Morgan fingerprint density at radius 3 is 2.13 bits per heavy atom. The van der Waals surface area contributed by atoms with E-state index in [4.69, 9.17) is 19.7 Å². The minimum Gasteiger partial charge on any atom is -0.489 e. The van der Waals surface area contributed by atoms with Crippen molar-refractivity contribution in [1.82, 2.24) is 15.0 Å². The molecule has 3 unspecified atom stereocenters. The highest BCUT2D eigenvalue weighted by molar-refractivity contribution is 7.25. The van der Waals surface area contributed by atoms with Gasteiger partial charge < -0.3 is 4.74 Å². The van der Waals surface area contributed by atoms with E-state index in [1.165, 1.54) is 36.9 Å². The summed E-state index contributed by atoms with van der Waals surface area (Å²) < 4.78 is 8.91. The summed E-state index contributed by atoms with van der Waals surface area (Å²) in [6.45, 7) is 2.28. The predicted molar refractivity (Wildman–Crippen MR) is 184 cm³/mol. The third-order valence-corrected chi connectivity index (χ3v) is 10.2. The average molecular weight is 600 g/mol. The Bertz CT molecular complexity index is 2250. The van der Waals surface area contributed by atoms with Gasteiger partial charge in [0.1, 0.15) is 11.9 Å². The van der Waals surface area contributed by atoms with Gasteiger partial charge in [-0.3, -0.25) is 0 Å². The summed E-state index contributed by atoms with van der Waals surface area (Å²) in [6, 6.07) is 42.4. The molecule has 3 atom stereocenters. The highest BCUT2D eigenvalue weighted by Gasteiger charge is 2.40. The van der Waals surface area contributed by atoms with Crippen LogP contribution in [0.15, 0.2) is 127 Å². The molecule has 5 heteroatoms. The van der Waals surface area contributed by atoms with Gasteiger partial charge in [0.05, 0.1) is 0 Å². The average Bonchev–Trinajstić information content (AvgIpc) is 3.66. The second kappa shape index (κ2) is 10.5. The van der Waals surface area contributed by atoms with E-state index < -0.39 is 0 Å². The zero-order chi connectivity index (χ0) is 29.9. The van der Waals surface area contributed by atoms with Crippen molar-refractivity contribution in [2.45, 2.75) is 25.4 Å². The van der Waals surface area contributed by atoms with Crippen LogP contribution in [0.25, 0.3) is 59.9 Å². The third-order valence-electron chi connectivity index (χ3n) is 9.09. The molecule has 7 aromatic rings. The van der Waals surface area contributed by atoms with Crippen molar-refractivity contribution in [2.24, 2.45) is 5.92 Å².